The van der Waals surface area contributed by atoms with Crippen molar-refractivity contribution in [1.82, 2.24) is 5.32 Å². The van der Waals surface area contributed by atoms with Crippen molar-refractivity contribution in [3.63, 3.8) is 0 Å². The maximum Gasteiger partial charge on any atom is 0.255 e. The number of rotatable bonds is 3. The van der Waals surface area contributed by atoms with Gasteiger partial charge in [-0.1, -0.05) is 39.7 Å². The standard InChI is InChI=1S/C14H11BrClNO2/c15-10-4-5-13(18)12(7-10)14(19)17-8-9-2-1-3-11(16)6-9/h1-7,18H,8H2,(H,17,19). The number of carbonyl (C=O) groups excluding carboxylic acids is 1. The summed E-state index contributed by atoms with van der Waals surface area (Å²) in [4.78, 5) is 12.0. The van der Waals surface area contributed by atoms with E-state index in [4.69, 9.17) is 11.6 Å². The number of phenols is 1. The number of benzene rings is 2. The topological polar surface area (TPSA) is 49.3 Å². The molecule has 0 fully saturated rings. The van der Waals surface area contributed by atoms with Crippen LogP contribution in [0.2, 0.25) is 5.02 Å². The van der Waals surface area contributed by atoms with Gasteiger partial charge in [-0.2, -0.15) is 0 Å². The van der Waals surface area contributed by atoms with Crippen LogP contribution in [0.15, 0.2) is 46.9 Å². The highest BCUT2D eigenvalue weighted by Crippen LogP contribution is 2.21. The predicted molar refractivity (Wildman–Crippen MR) is 78.4 cm³/mol. The van der Waals surface area contributed by atoms with Crippen molar-refractivity contribution in [3.05, 3.63) is 63.1 Å². The Hall–Kier alpha value is -1.52. The molecule has 0 spiro atoms. The molecule has 98 valence electrons. The highest BCUT2D eigenvalue weighted by atomic mass is 79.9. The number of phenolic OH excluding ortho intramolecular Hbond substituents is 1. The van der Waals surface area contributed by atoms with E-state index in [2.05, 4.69) is 21.2 Å². The largest absolute Gasteiger partial charge is 0.507 e. The molecule has 19 heavy (non-hydrogen) atoms. The SMILES string of the molecule is O=C(NCc1cccc(Cl)c1)c1cc(Br)ccc1O. The van der Waals surface area contributed by atoms with E-state index in [1.54, 1.807) is 24.3 Å². The number of hydrogen-bond donors (Lipinski definition) is 2. The number of aromatic hydroxyl groups is 1. The van der Waals surface area contributed by atoms with Gasteiger partial charge < -0.3 is 10.4 Å². The summed E-state index contributed by atoms with van der Waals surface area (Å²) >= 11 is 9.13. The summed E-state index contributed by atoms with van der Waals surface area (Å²) < 4.78 is 0.734. The van der Waals surface area contributed by atoms with Gasteiger partial charge in [0.1, 0.15) is 5.75 Å². The molecule has 5 heteroatoms. The van der Waals surface area contributed by atoms with Crippen molar-refractivity contribution in [2.45, 2.75) is 6.54 Å². The fourth-order valence-corrected chi connectivity index (χ4v) is 2.19. The van der Waals surface area contributed by atoms with E-state index in [0.717, 1.165) is 10.0 Å². The van der Waals surface area contributed by atoms with Crippen LogP contribution in [0.3, 0.4) is 0 Å². The summed E-state index contributed by atoms with van der Waals surface area (Å²) in [7, 11) is 0. The van der Waals surface area contributed by atoms with Crippen molar-refractivity contribution < 1.29 is 9.90 Å². The molecule has 0 aromatic heterocycles. The van der Waals surface area contributed by atoms with E-state index in [9.17, 15) is 9.90 Å². The molecule has 0 radical (unpaired) electrons. The number of halogens is 2. The zero-order chi connectivity index (χ0) is 13.8. The average Bonchev–Trinajstić information content (AvgIpc) is 2.39. The molecule has 0 aliphatic carbocycles. The first kappa shape index (κ1) is 13.9. The molecule has 0 saturated carbocycles. The normalized spacial score (nSPS) is 10.2. The van der Waals surface area contributed by atoms with Crippen molar-refractivity contribution >= 4 is 33.4 Å². The van der Waals surface area contributed by atoms with E-state index >= 15 is 0 Å². The maximum atomic E-state index is 12.0. The third kappa shape index (κ3) is 3.72. The molecule has 1 amide bonds. The first-order valence-electron chi connectivity index (χ1n) is 5.57. The molecule has 0 saturated heterocycles. The van der Waals surface area contributed by atoms with E-state index in [1.807, 2.05) is 12.1 Å². The van der Waals surface area contributed by atoms with Crippen molar-refractivity contribution in [2.75, 3.05) is 0 Å². The molecule has 0 aliphatic rings. The Balaban J connectivity index is 2.07. The number of nitrogens with one attached hydrogen (secondary N) is 1. The van der Waals surface area contributed by atoms with Gasteiger partial charge in [-0.3, -0.25) is 4.79 Å². The molecule has 0 atom stereocenters. The van der Waals surface area contributed by atoms with Gasteiger partial charge in [-0.25, -0.2) is 0 Å². The van der Waals surface area contributed by atoms with Crippen LogP contribution >= 0.6 is 27.5 Å². The van der Waals surface area contributed by atoms with Gasteiger partial charge in [-0.05, 0) is 35.9 Å². The van der Waals surface area contributed by atoms with Crippen LogP contribution < -0.4 is 5.32 Å². The quantitative estimate of drug-likeness (QED) is 0.894. The molecule has 0 unspecified atom stereocenters. The van der Waals surface area contributed by atoms with E-state index < -0.39 is 0 Å². The summed E-state index contributed by atoms with van der Waals surface area (Å²) in [5.74, 6) is -0.384. The van der Waals surface area contributed by atoms with E-state index in [-0.39, 0.29) is 17.2 Å². The van der Waals surface area contributed by atoms with Crippen LogP contribution in [0.25, 0.3) is 0 Å². The average molecular weight is 341 g/mol. The number of carbonyl (C=O) groups is 1. The number of hydrogen-bond acceptors (Lipinski definition) is 2. The lowest BCUT2D eigenvalue weighted by atomic mass is 10.1. The molecule has 2 aromatic carbocycles. The van der Waals surface area contributed by atoms with Crippen LogP contribution in [0.4, 0.5) is 0 Å². The van der Waals surface area contributed by atoms with Gasteiger partial charge >= 0.3 is 0 Å². The monoisotopic (exact) mass is 339 g/mol. The smallest absolute Gasteiger partial charge is 0.255 e. The molecule has 2 rings (SSSR count). The van der Waals surface area contributed by atoms with E-state index in [0.29, 0.717) is 11.6 Å². The first-order chi connectivity index (χ1) is 9.06. The summed E-state index contributed by atoms with van der Waals surface area (Å²) in [5.41, 5.74) is 1.13. The van der Waals surface area contributed by atoms with Crippen LogP contribution in [-0.4, -0.2) is 11.0 Å². The highest BCUT2D eigenvalue weighted by Gasteiger charge is 2.11. The fourth-order valence-electron chi connectivity index (χ4n) is 1.61. The molecule has 0 bridgehead atoms. The number of amides is 1. The second-order valence-electron chi connectivity index (χ2n) is 3.97. The lowest BCUT2D eigenvalue weighted by Gasteiger charge is -2.07. The zero-order valence-corrected chi connectivity index (χ0v) is 12.2. The molecule has 3 nitrogen and oxygen atoms in total. The second kappa shape index (κ2) is 6.08. The van der Waals surface area contributed by atoms with Crippen LogP contribution in [0, 0.1) is 0 Å². The van der Waals surface area contributed by atoms with Crippen LogP contribution in [-0.2, 0) is 6.54 Å². The van der Waals surface area contributed by atoms with Gasteiger partial charge in [0.15, 0.2) is 0 Å². The van der Waals surface area contributed by atoms with Gasteiger partial charge in [0.05, 0.1) is 5.56 Å². The summed E-state index contributed by atoms with van der Waals surface area (Å²) in [5, 5.41) is 13.0. The lowest BCUT2D eigenvalue weighted by molar-refractivity contribution is 0.0948. The van der Waals surface area contributed by atoms with E-state index in [1.165, 1.54) is 6.07 Å². The Morgan fingerprint density at radius 2 is 2.05 bits per heavy atom. The van der Waals surface area contributed by atoms with Crippen molar-refractivity contribution in [3.8, 4) is 5.75 Å². The zero-order valence-electron chi connectivity index (χ0n) is 9.86. The van der Waals surface area contributed by atoms with Gasteiger partial charge in [0.25, 0.3) is 5.91 Å². The molecule has 0 heterocycles. The molecular formula is C14H11BrClNO2. The molecule has 2 aromatic rings. The summed E-state index contributed by atoms with van der Waals surface area (Å²) in [6.45, 7) is 0.353. The third-order valence-electron chi connectivity index (χ3n) is 2.55. The molecule has 2 N–H and O–H groups in total. The van der Waals surface area contributed by atoms with Crippen LogP contribution in [0.1, 0.15) is 15.9 Å². The Labute approximate surface area is 124 Å². The molecule has 0 aliphatic heterocycles. The predicted octanol–water partition coefficient (Wildman–Crippen LogP) is 3.74. The molecular weight excluding hydrogens is 330 g/mol. The first-order valence-corrected chi connectivity index (χ1v) is 6.74. The van der Waals surface area contributed by atoms with Crippen LogP contribution in [0.5, 0.6) is 5.75 Å². The Morgan fingerprint density at radius 3 is 2.79 bits per heavy atom. The highest BCUT2D eigenvalue weighted by molar-refractivity contribution is 9.10. The minimum absolute atomic E-state index is 0.0493. The second-order valence-corrected chi connectivity index (χ2v) is 5.33. The maximum absolute atomic E-state index is 12.0. The lowest BCUT2D eigenvalue weighted by Crippen LogP contribution is -2.22. The van der Waals surface area contributed by atoms with Crippen molar-refractivity contribution in [2.24, 2.45) is 0 Å². The Morgan fingerprint density at radius 1 is 1.26 bits per heavy atom. The van der Waals surface area contributed by atoms with Gasteiger partial charge in [0, 0.05) is 16.0 Å². The Bertz CT molecular complexity index is 616. The Kier molecular flexibility index (Phi) is 4.45. The van der Waals surface area contributed by atoms with Crippen molar-refractivity contribution in [1.29, 1.82) is 0 Å². The fraction of sp³-hybridized carbons (Fsp3) is 0.0714. The van der Waals surface area contributed by atoms with Gasteiger partial charge in [-0.15, -0.1) is 0 Å². The summed E-state index contributed by atoms with van der Waals surface area (Å²) in [6.07, 6.45) is 0. The summed E-state index contributed by atoms with van der Waals surface area (Å²) in [6, 6.07) is 12.0. The minimum Gasteiger partial charge on any atom is -0.507 e. The third-order valence-corrected chi connectivity index (χ3v) is 3.27. The van der Waals surface area contributed by atoms with Gasteiger partial charge in [0.2, 0.25) is 0 Å². The minimum atomic E-state index is -0.334.